The highest BCUT2D eigenvalue weighted by Crippen LogP contribution is 2.33. The second-order valence-corrected chi connectivity index (χ2v) is 14.1. The largest absolute Gasteiger partial charge is 0.492 e. The highest BCUT2D eigenvalue weighted by molar-refractivity contribution is 7.92. The summed E-state index contributed by atoms with van der Waals surface area (Å²) in [7, 11) is -4.25. The van der Waals surface area contributed by atoms with Gasteiger partial charge >= 0.3 is 0 Å². The van der Waals surface area contributed by atoms with Crippen LogP contribution in [0.3, 0.4) is 0 Å². The highest BCUT2D eigenvalue weighted by atomic mass is 35.5. The maximum absolute atomic E-state index is 14.6. The second-order valence-electron chi connectivity index (χ2n) is 11.8. The smallest absolute Gasteiger partial charge is 0.264 e. The number of hydrogen-bond acceptors (Lipinski definition) is 5. The van der Waals surface area contributed by atoms with Crippen molar-refractivity contribution in [3.05, 3.63) is 125 Å². The number of carbonyl (C=O) groups is 2. The van der Waals surface area contributed by atoms with E-state index in [0.717, 1.165) is 15.4 Å². The molecule has 0 aliphatic heterocycles. The van der Waals surface area contributed by atoms with E-state index in [9.17, 15) is 18.0 Å². The van der Waals surface area contributed by atoms with Crippen LogP contribution in [0.25, 0.3) is 0 Å². The number of nitrogens with one attached hydrogen (secondary N) is 1. The normalized spacial score (nSPS) is 12.2. The van der Waals surface area contributed by atoms with E-state index in [1.54, 1.807) is 73.7 Å². The quantitative estimate of drug-likeness (QED) is 0.177. The van der Waals surface area contributed by atoms with Crippen molar-refractivity contribution in [1.82, 2.24) is 10.2 Å². The first-order valence-corrected chi connectivity index (χ1v) is 16.9. The minimum atomic E-state index is -4.25. The minimum Gasteiger partial charge on any atom is -0.492 e. The summed E-state index contributed by atoms with van der Waals surface area (Å²) in [5.74, 6) is -0.607. The topological polar surface area (TPSA) is 96.0 Å². The summed E-state index contributed by atoms with van der Waals surface area (Å²) < 4.78 is 35.3. The molecule has 0 aliphatic carbocycles. The number of rotatable bonds is 13. The number of benzene rings is 4. The van der Waals surface area contributed by atoms with Crippen molar-refractivity contribution >= 4 is 39.1 Å². The lowest BCUT2D eigenvalue weighted by molar-refractivity contribution is -0.140. The number of sulfonamides is 1. The third-order valence-corrected chi connectivity index (χ3v) is 9.11. The van der Waals surface area contributed by atoms with Crippen LogP contribution in [0.2, 0.25) is 5.02 Å². The summed E-state index contributed by atoms with van der Waals surface area (Å²) in [5, 5.41) is 3.56. The predicted molar refractivity (Wildman–Crippen MR) is 182 cm³/mol. The molecule has 0 saturated heterocycles. The van der Waals surface area contributed by atoms with E-state index in [2.05, 4.69) is 5.32 Å². The Labute approximate surface area is 277 Å². The number of ether oxygens (including phenoxy) is 1. The molecule has 0 spiro atoms. The van der Waals surface area contributed by atoms with Gasteiger partial charge in [0.05, 0.1) is 17.2 Å². The first-order chi connectivity index (χ1) is 21.9. The Morgan fingerprint density at radius 1 is 0.826 bits per heavy atom. The number of carbonyl (C=O) groups excluding carboxylic acids is 2. The lowest BCUT2D eigenvalue weighted by Gasteiger charge is -2.35. The number of hydrogen-bond donors (Lipinski definition) is 1. The molecule has 4 aromatic rings. The maximum atomic E-state index is 14.6. The van der Waals surface area contributed by atoms with Gasteiger partial charge in [0.2, 0.25) is 11.8 Å². The van der Waals surface area contributed by atoms with E-state index in [0.29, 0.717) is 17.4 Å². The van der Waals surface area contributed by atoms with Crippen LogP contribution >= 0.6 is 11.6 Å². The molecule has 1 N–H and O–H groups in total. The van der Waals surface area contributed by atoms with Gasteiger partial charge in [-0.15, -0.1) is 0 Å². The van der Waals surface area contributed by atoms with Crippen molar-refractivity contribution in [2.24, 2.45) is 0 Å². The van der Waals surface area contributed by atoms with E-state index in [-0.39, 0.29) is 29.5 Å². The van der Waals surface area contributed by atoms with Gasteiger partial charge in [-0.1, -0.05) is 84.4 Å². The zero-order valence-electron chi connectivity index (χ0n) is 26.5. The molecule has 10 heteroatoms. The summed E-state index contributed by atoms with van der Waals surface area (Å²) >= 11 is 6.16. The van der Waals surface area contributed by atoms with E-state index < -0.39 is 34.1 Å². The Kier molecular flexibility index (Phi) is 11.5. The fourth-order valence-corrected chi connectivity index (χ4v) is 6.54. The van der Waals surface area contributed by atoms with Gasteiger partial charge in [0.25, 0.3) is 10.0 Å². The van der Waals surface area contributed by atoms with Gasteiger partial charge in [0.1, 0.15) is 18.3 Å². The number of amides is 2. The van der Waals surface area contributed by atoms with Crippen molar-refractivity contribution in [2.75, 3.05) is 17.5 Å². The van der Waals surface area contributed by atoms with E-state index in [4.69, 9.17) is 16.3 Å². The molecule has 4 rings (SSSR count). The van der Waals surface area contributed by atoms with Gasteiger partial charge in [-0.05, 0) is 75.2 Å². The average Bonchev–Trinajstić information content (AvgIpc) is 3.03. The van der Waals surface area contributed by atoms with Crippen molar-refractivity contribution in [1.29, 1.82) is 0 Å². The molecule has 1 unspecified atom stereocenters. The standard InChI is InChI=1S/C36H40ClN3O5S/c1-5-45-33-19-13-12-18-31(33)40(46(43,44)30-16-10-7-11-17-30)26-34(41)39(25-28-20-22-29(37)23-21-28)32(35(42)38-36(2,3)4)24-27-14-8-6-9-15-27/h6-23,32H,5,24-26H2,1-4H3,(H,38,42). The molecule has 0 bridgehead atoms. The van der Waals surface area contributed by atoms with Gasteiger partial charge in [-0.25, -0.2) is 8.42 Å². The Balaban J connectivity index is 1.84. The third-order valence-electron chi connectivity index (χ3n) is 7.08. The Hall–Kier alpha value is -4.34. The van der Waals surface area contributed by atoms with E-state index in [1.165, 1.54) is 17.0 Å². The zero-order valence-corrected chi connectivity index (χ0v) is 28.1. The lowest BCUT2D eigenvalue weighted by Crippen LogP contribution is -2.56. The van der Waals surface area contributed by atoms with Gasteiger partial charge in [-0.2, -0.15) is 0 Å². The maximum Gasteiger partial charge on any atom is 0.264 e. The van der Waals surface area contributed by atoms with Gasteiger partial charge < -0.3 is 15.0 Å². The fourth-order valence-electron chi connectivity index (χ4n) is 4.97. The molecule has 0 heterocycles. The molecule has 0 saturated carbocycles. The van der Waals surface area contributed by atoms with Crippen LogP contribution in [-0.2, 0) is 32.6 Å². The highest BCUT2D eigenvalue weighted by Gasteiger charge is 2.36. The molecule has 8 nitrogen and oxygen atoms in total. The number of nitrogens with zero attached hydrogens (tertiary/aromatic N) is 2. The summed E-state index contributed by atoms with van der Waals surface area (Å²) in [5.41, 5.74) is 1.21. The molecule has 242 valence electrons. The molecular weight excluding hydrogens is 622 g/mol. The summed E-state index contributed by atoms with van der Waals surface area (Å²) in [6, 6.07) is 30.1. The van der Waals surface area contributed by atoms with Crippen molar-refractivity contribution in [3.63, 3.8) is 0 Å². The van der Waals surface area contributed by atoms with Crippen LogP contribution in [0.1, 0.15) is 38.8 Å². The number of anilines is 1. The van der Waals surface area contributed by atoms with Crippen LogP contribution in [0.5, 0.6) is 5.75 Å². The van der Waals surface area contributed by atoms with Gasteiger partial charge in [0.15, 0.2) is 0 Å². The molecule has 46 heavy (non-hydrogen) atoms. The predicted octanol–water partition coefficient (Wildman–Crippen LogP) is 6.49. The summed E-state index contributed by atoms with van der Waals surface area (Å²) in [6.45, 7) is 7.16. The van der Waals surface area contributed by atoms with Crippen molar-refractivity contribution < 1.29 is 22.7 Å². The first kappa shape index (κ1) is 34.5. The number of para-hydroxylation sites is 2. The molecule has 0 aromatic heterocycles. The Bertz CT molecular complexity index is 1710. The summed E-state index contributed by atoms with van der Waals surface area (Å²) in [6.07, 6.45) is 0.211. The van der Waals surface area contributed by atoms with E-state index >= 15 is 0 Å². The van der Waals surface area contributed by atoms with Crippen LogP contribution in [0, 0.1) is 0 Å². The molecule has 0 radical (unpaired) electrons. The second kappa shape index (κ2) is 15.3. The third kappa shape index (κ3) is 9.11. The van der Waals surface area contributed by atoms with Crippen LogP contribution < -0.4 is 14.4 Å². The van der Waals surface area contributed by atoms with E-state index in [1.807, 2.05) is 51.1 Å². The zero-order chi connectivity index (χ0) is 33.3. The van der Waals surface area contributed by atoms with Crippen LogP contribution in [0.15, 0.2) is 114 Å². The first-order valence-electron chi connectivity index (χ1n) is 15.1. The van der Waals surface area contributed by atoms with Crippen LogP contribution in [0.4, 0.5) is 5.69 Å². The number of halogens is 1. The van der Waals surface area contributed by atoms with Gasteiger partial charge in [-0.3, -0.25) is 13.9 Å². The Morgan fingerprint density at radius 3 is 2.02 bits per heavy atom. The minimum absolute atomic E-state index is 0.0182. The van der Waals surface area contributed by atoms with Crippen molar-refractivity contribution in [3.8, 4) is 5.75 Å². The molecule has 1 atom stereocenters. The molecule has 0 aliphatic rings. The lowest BCUT2D eigenvalue weighted by atomic mass is 10.0. The summed E-state index contributed by atoms with van der Waals surface area (Å²) in [4.78, 5) is 30.1. The fraction of sp³-hybridized carbons (Fsp3) is 0.278. The monoisotopic (exact) mass is 661 g/mol. The molecular formula is C36H40ClN3O5S. The molecule has 4 aromatic carbocycles. The van der Waals surface area contributed by atoms with Gasteiger partial charge in [0, 0.05) is 23.5 Å². The molecule has 2 amide bonds. The average molecular weight is 662 g/mol. The van der Waals surface area contributed by atoms with Crippen molar-refractivity contribution in [2.45, 2.75) is 57.1 Å². The SMILES string of the molecule is CCOc1ccccc1N(CC(=O)N(Cc1ccc(Cl)cc1)C(Cc1ccccc1)C(=O)NC(C)(C)C)S(=O)(=O)c1ccccc1. The molecule has 0 fully saturated rings. The van der Waals surface area contributed by atoms with Crippen LogP contribution in [-0.4, -0.2) is 49.9 Å². The Morgan fingerprint density at radius 2 is 1.41 bits per heavy atom.